The number of allylic oxidation sites excluding steroid dienone is 2. The van der Waals surface area contributed by atoms with E-state index in [0.29, 0.717) is 19.3 Å². The highest BCUT2D eigenvalue weighted by Gasteiger charge is 2.49. The van der Waals surface area contributed by atoms with E-state index >= 15 is 0 Å². The van der Waals surface area contributed by atoms with Crippen LogP contribution in [0.15, 0.2) is 12.2 Å². The summed E-state index contributed by atoms with van der Waals surface area (Å²) in [5.41, 5.74) is 0. The second-order valence-corrected chi connectivity index (χ2v) is 18.7. The van der Waals surface area contributed by atoms with E-state index in [1.165, 1.54) is 0 Å². The van der Waals surface area contributed by atoms with E-state index in [2.05, 4.69) is 26.0 Å². The summed E-state index contributed by atoms with van der Waals surface area (Å²) in [7, 11) is -3.88. The van der Waals surface area contributed by atoms with E-state index in [4.69, 9.17) is 23.4 Å². The summed E-state index contributed by atoms with van der Waals surface area (Å²) in [6.07, 6.45) is 16.6. The molecule has 15 heteroatoms. The molecule has 0 aromatic heterocycles. The Hall–Kier alpha value is -1.06. The van der Waals surface area contributed by atoms with Gasteiger partial charge >= 0.3 is 19.5 Å². The molecule has 7 N–H and O–H groups in total. The molecule has 8 atom stereocenters. The maximum Gasteiger partial charge on any atom is 0.325 e. The van der Waals surface area contributed by atoms with Crippen molar-refractivity contribution >= 4 is 31.6 Å². The van der Waals surface area contributed by atoms with Crippen molar-refractivity contribution in [2.75, 3.05) is 12.8 Å². The number of carbonyl (C=O) groups excluding carboxylic acids is 2. The molecule has 0 spiro atoms. The van der Waals surface area contributed by atoms with Gasteiger partial charge < -0.3 is 49.0 Å². The van der Waals surface area contributed by atoms with Gasteiger partial charge in [0.1, 0.15) is 49.3 Å². The van der Waals surface area contributed by atoms with E-state index in [1.54, 1.807) is 0 Å². The second-order valence-electron chi connectivity index (χ2n) is 15.9. The summed E-state index contributed by atoms with van der Waals surface area (Å²) in [5, 5.41) is 51.3. The van der Waals surface area contributed by atoms with Crippen LogP contribution in [0.1, 0.15) is 181 Å². The minimum Gasteiger partial charge on any atom is -0.462 e. The molecule has 0 heterocycles. The summed E-state index contributed by atoms with van der Waals surface area (Å²) in [5.74, 6) is -0.704. The van der Waals surface area contributed by atoms with Gasteiger partial charge in [0.05, 0.1) is 0 Å². The smallest absolute Gasteiger partial charge is 0.325 e. The van der Waals surface area contributed by atoms with E-state index in [9.17, 15) is 39.7 Å². The molecule has 1 rings (SSSR count). The molecule has 0 amide bonds. The van der Waals surface area contributed by atoms with Gasteiger partial charge in [-0.25, -0.2) is 0 Å². The summed E-state index contributed by atoms with van der Waals surface area (Å²) in [4.78, 5) is 43.4. The maximum absolute atomic E-state index is 12.9. The van der Waals surface area contributed by atoms with Crippen molar-refractivity contribution in [1.29, 1.82) is 0 Å². The Kier molecular flexibility index (Phi) is 31.8. The number of hydrogen-bond donors (Lipinski definition) is 7. The highest BCUT2D eigenvalue weighted by Crippen LogP contribution is 2.36. The van der Waals surface area contributed by atoms with Gasteiger partial charge in [0.25, 0.3) is 0 Å². The Morgan fingerprint density at radius 3 is 1.61 bits per heavy atom. The molecule has 1 aliphatic rings. The Morgan fingerprint density at radius 1 is 0.614 bits per heavy atom. The third-order valence-electron chi connectivity index (χ3n) is 10.5. The molecule has 0 aromatic rings. The summed E-state index contributed by atoms with van der Waals surface area (Å²) in [6.45, 7) is 4.16. The highest BCUT2D eigenvalue weighted by atomic mass is 32.2. The summed E-state index contributed by atoms with van der Waals surface area (Å²) in [6, 6.07) is 0. The van der Waals surface area contributed by atoms with Gasteiger partial charge in [-0.1, -0.05) is 122 Å². The third-order valence-corrected chi connectivity index (χ3v) is 12.4. The van der Waals surface area contributed by atoms with Gasteiger partial charge in [0.15, 0.2) is 0 Å². The first kappa shape index (κ1) is 54.0. The number of rotatable bonds is 36. The first-order chi connectivity index (χ1) is 27.3. The summed E-state index contributed by atoms with van der Waals surface area (Å²) < 4.78 is 28.3. The van der Waals surface area contributed by atoms with Gasteiger partial charge in [0.2, 0.25) is 0 Å². The molecule has 0 saturated heterocycles. The van der Waals surface area contributed by atoms with Crippen LogP contribution < -0.4 is 0 Å². The van der Waals surface area contributed by atoms with Crippen LogP contribution in [0.2, 0.25) is 0 Å². The molecular weight excluding hydrogens is 775 g/mol. The van der Waals surface area contributed by atoms with E-state index in [-0.39, 0.29) is 49.2 Å². The quantitative estimate of drug-likeness (QED) is 0.0106. The van der Waals surface area contributed by atoms with Crippen molar-refractivity contribution in [2.24, 2.45) is 0 Å². The molecule has 1 fully saturated rings. The van der Waals surface area contributed by atoms with Crippen LogP contribution in [0.25, 0.3) is 0 Å². The number of aliphatic hydroxyl groups excluding tert-OH is 5. The lowest BCUT2D eigenvalue weighted by Crippen LogP contribution is -2.63. The molecule has 13 nitrogen and oxygen atoms in total. The Morgan fingerprint density at radius 2 is 1.07 bits per heavy atom. The minimum absolute atomic E-state index is 0.0287. The van der Waals surface area contributed by atoms with E-state index in [0.717, 1.165) is 140 Å². The van der Waals surface area contributed by atoms with Crippen LogP contribution >= 0.6 is 19.6 Å². The number of unbranched alkanes of at least 4 members (excludes halogenated alkanes) is 18. The van der Waals surface area contributed by atoms with Crippen LogP contribution in [0.3, 0.4) is 0 Å². The highest BCUT2D eigenvalue weighted by molar-refractivity contribution is 7.95. The van der Waals surface area contributed by atoms with E-state index in [1.807, 2.05) is 0 Å². The van der Waals surface area contributed by atoms with Crippen LogP contribution in [0.4, 0.5) is 0 Å². The number of esters is 2. The van der Waals surface area contributed by atoms with Crippen LogP contribution in [0, 0.1) is 0 Å². The largest absolute Gasteiger partial charge is 0.462 e. The number of hydrogen-bond acceptors (Lipinski definition) is 12. The normalized spacial score (nSPS) is 22.5. The first-order valence-electron chi connectivity index (χ1n) is 22.1. The molecule has 1 saturated carbocycles. The van der Waals surface area contributed by atoms with Crippen LogP contribution in [0.5, 0.6) is 0 Å². The molecule has 2 unspecified atom stereocenters. The van der Waals surface area contributed by atoms with Crippen molar-refractivity contribution in [2.45, 2.75) is 229 Å². The van der Waals surface area contributed by atoms with Crippen molar-refractivity contribution in [3.8, 4) is 0 Å². The Labute approximate surface area is 347 Å². The molecule has 1 aliphatic carbocycles. The predicted molar refractivity (Wildman–Crippen MR) is 225 cm³/mol. The Bertz CT molecular complexity index is 1080. The van der Waals surface area contributed by atoms with Crippen molar-refractivity contribution in [3.63, 3.8) is 0 Å². The molecule has 57 heavy (non-hydrogen) atoms. The fourth-order valence-electron chi connectivity index (χ4n) is 6.86. The van der Waals surface area contributed by atoms with Gasteiger partial charge in [-0.3, -0.25) is 14.2 Å². The van der Waals surface area contributed by atoms with Crippen LogP contribution in [-0.4, -0.2) is 108 Å². The first-order valence-corrected chi connectivity index (χ1v) is 24.7. The zero-order valence-corrected chi connectivity index (χ0v) is 36.7. The Balaban J connectivity index is 2.74. The standard InChI is InChI=1S/C42H79O13PS/c1-3-5-7-19-24-28-35(43)53-32-33(54-36(44)29-25-20-8-6-4-2)31-34(57-55-42-40(48)38(46)37(45)39(47)41(42)49)27-23-21-17-15-13-11-9-10-12-14-16-18-22-26-30-56(50,51)52/h9,11,33-34,37-42,45-49H,3-8,10,12-32H2,1-2H3,(H2,50,51,52)/b11-9-/t33?,34?,37-,38-,39+,40-,41-,42-/m0/s1. The van der Waals surface area contributed by atoms with Gasteiger partial charge in [-0.05, 0) is 63.4 Å². The molecule has 336 valence electrons. The fraction of sp³-hybridized carbons (Fsp3) is 0.905. The molecular formula is C42H79O13PS. The SMILES string of the molecule is CCCCCCCC(=O)OCC(CC(CCCCCC/C=C\CCCCCCCCP(=O)(O)O)SO[C@@H]1[C@@H](O)[C@H](O)[C@@H](O)[C@H](O)[C@@H]1O)OC(=O)CCCCCCC. The van der Waals surface area contributed by atoms with Gasteiger partial charge in [0, 0.05) is 30.7 Å². The fourth-order valence-corrected chi connectivity index (χ4v) is 8.57. The second kappa shape index (κ2) is 33.6. The number of aliphatic hydroxyl groups is 5. The lowest BCUT2D eigenvalue weighted by atomic mass is 9.85. The third kappa shape index (κ3) is 27.4. The maximum atomic E-state index is 12.9. The topological polar surface area (TPSA) is 221 Å². The van der Waals surface area contributed by atoms with Crippen molar-refractivity contribution < 1.29 is 63.1 Å². The zero-order valence-electron chi connectivity index (χ0n) is 35.0. The molecule has 0 radical (unpaired) electrons. The van der Waals surface area contributed by atoms with Crippen LogP contribution in [-0.2, 0) is 27.8 Å². The summed E-state index contributed by atoms with van der Waals surface area (Å²) >= 11 is 0.968. The monoisotopic (exact) mass is 854 g/mol. The molecule has 0 bridgehead atoms. The van der Waals surface area contributed by atoms with Gasteiger partial charge in [-0.15, -0.1) is 0 Å². The van der Waals surface area contributed by atoms with Crippen molar-refractivity contribution in [1.82, 2.24) is 0 Å². The minimum atomic E-state index is -3.88. The van der Waals surface area contributed by atoms with E-state index < -0.39 is 50.3 Å². The zero-order chi connectivity index (χ0) is 42.3. The molecule has 0 aliphatic heterocycles. The van der Waals surface area contributed by atoms with Gasteiger partial charge in [-0.2, -0.15) is 0 Å². The molecule has 0 aromatic carbocycles. The predicted octanol–water partition coefficient (Wildman–Crippen LogP) is 7.58. The lowest BCUT2D eigenvalue weighted by molar-refractivity contribution is -0.214. The average Bonchev–Trinajstić information content (AvgIpc) is 3.17. The average molecular weight is 855 g/mol. The number of ether oxygens (including phenoxy) is 2. The lowest BCUT2D eigenvalue weighted by Gasteiger charge is -2.41. The number of carbonyl (C=O) groups is 2. The van der Waals surface area contributed by atoms with Crippen molar-refractivity contribution in [3.05, 3.63) is 12.2 Å².